The van der Waals surface area contributed by atoms with E-state index >= 15 is 0 Å². The Bertz CT molecular complexity index is 897. The number of benzene rings is 2. The number of methoxy groups -OCH3 is 2. The Morgan fingerprint density at radius 1 is 1.07 bits per heavy atom. The van der Waals surface area contributed by atoms with E-state index in [2.05, 4.69) is 0 Å². The summed E-state index contributed by atoms with van der Waals surface area (Å²) in [5.41, 5.74) is 1.09. The van der Waals surface area contributed by atoms with Crippen LogP contribution in [0.5, 0.6) is 23.0 Å². The molecule has 0 bridgehead atoms. The second-order valence-electron chi connectivity index (χ2n) is 6.21. The summed E-state index contributed by atoms with van der Waals surface area (Å²) in [6.45, 7) is 2.51. The summed E-state index contributed by atoms with van der Waals surface area (Å²) in [6.07, 6.45) is 0. The number of carbonyl (C=O) groups excluding carboxylic acids is 2. The number of amides is 1. The van der Waals surface area contributed by atoms with Crippen LogP contribution < -0.4 is 18.9 Å². The first-order chi connectivity index (χ1) is 14.1. The van der Waals surface area contributed by atoms with Crippen molar-refractivity contribution in [1.29, 1.82) is 0 Å². The lowest BCUT2D eigenvalue weighted by Gasteiger charge is -2.21. The Morgan fingerprint density at radius 2 is 1.86 bits per heavy atom. The van der Waals surface area contributed by atoms with Gasteiger partial charge in [-0.25, -0.2) is 4.79 Å². The van der Waals surface area contributed by atoms with Crippen LogP contribution in [0.4, 0.5) is 0 Å². The molecule has 0 fully saturated rings. The van der Waals surface area contributed by atoms with Crippen molar-refractivity contribution in [3.05, 3.63) is 47.5 Å². The Morgan fingerprint density at radius 3 is 2.59 bits per heavy atom. The molecule has 2 aromatic carbocycles. The van der Waals surface area contributed by atoms with Gasteiger partial charge in [-0.1, -0.05) is 12.1 Å². The number of hydrogen-bond donors (Lipinski definition) is 0. The maximum Gasteiger partial charge on any atom is 0.342 e. The van der Waals surface area contributed by atoms with Crippen molar-refractivity contribution in [2.24, 2.45) is 0 Å². The fourth-order valence-corrected chi connectivity index (χ4v) is 2.98. The van der Waals surface area contributed by atoms with E-state index in [1.54, 1.807) is 23.1 Å². The van der Waals surface area contributed by atoms with Crippen LogP contribution in [-0.4, -0.2) is 50.9 Å². The third-order valence-electron chi connectivity index (χ3n) is 4.49. The smallest absolute Gasteiger partial charge is 0.342 e. The highest BCUT2D eigenvalue weighted by molar-refractivity contribution is 5.95. The zero-order valence-electron chi connectivity index (χ0n) is 16.6. The molecule has 0 unspecified atom stereocenters. The normalized spacial score (nSPS) is 11.7. The zero-order chi connectivity index (χ0) is 20.8. The number of fused-ring (bicyclic) bond motifs is 1. The number of hydrogen-bond acceptors (Lipinski definition) is 7. The molecule has 1 heterocycles. The summed E-state index contributed by atoms with van der Waals surface area (Å²) in [5, 5.41) is 0. The number of esters is 1. The van der Waals surface area contributed by atoms with E-state index in [-0.39, 0.29) is 30.6 Å². The number of nitrogens with zero attached hydrogens (tertiary/aromatic N) is 1. The fraction of sp³-hybridized carbons (Fsp3) is 0.333. The lowest BCUT2D eigenvalue weighted by molar-refractivity contribution is -0.134. The average molecular weight is 401 g/mol. The standard InChI is InChI=1S/C21H23NO7/c1-4-22(11-14-8-9-16-18(10-14)29-13-28-16)19(23)12-27-21(24)15-6-5-7-17(25-2)20(15)26-3/h5-10H,4,11-13H2,1-3H3. The molecule has 0 N–H and O–H groups in total. The molecule has 1 aliphatic heterocycles. The van der Waals surface area contributed by atoms with Gasteiger partial charge in [-0.3, -0.25) is 4.79 Å². The topological polar surface area (TPSA) is 83.5 Å². The van der Waals surface area contributed by atoms with Gasteiger partial charge in [0.15, 0.2) is 29.6 Å². The molecule has 0 aromatic heterocycles. The van der Waals surface area contributed by atoms with Crippen molar-refractivity contribution in [3.8, 4) is 23.0 Å². The summed E-state index contributed by atoms with van der Waals surface area (Å²) in [6, 6.07) is 10.4. The molecule has 0 aliphatic carbocycles. The van der Waals surface area contributed by atoms with Gasteiger partial charge in [0.1, 0.15) is 5.56 Å². The SMILES string of the molecule is CCN(Cc1ccc2c(c1)OCO2)C(=O)COC(=O)c1cccc(OC)c1OC. The minimum Gasteiger partial charge on any atom is -0.493 e. The highest BCUT2D eigenvalue weighted by Crippen LogP contribution is 2.33. The minimum atomic E-state index is -0.659. The van der Waals surface area contributed by atoms with Gasteiger partial charge in [0.2, 0.25) is 6.79 Å². The van der Waals surface area contributed by atoms with Crippen molar-refractivity contribution in [2.75, 3.05) is 34.2 Å². The maximum absolute atomic E-state index is 12.6. The highest BCUT2D eigenvalue weighted by Gasteiger charge is 2.21. The first-order valence-corrected chi connectivity index (χ1v) is 9.11. The third-order valence-corrected chi connectivity index (χ3v) is 4.49. The second kappa shape index (κ2) is 9.18. The van der Waals surface area contributed by atoms with Gasteiger partial charge in [0.05, 0.1) is 14.2 Å². The van der Waals surface area contributed by atoms with Crippen LogP contribution in [0, 0.1) is 0 Å². The molecule has 0 radical (unpaired) electrons. The molecule has 8 heteroatoms. The summed E-state index contributed by atoms with van der Waals surface area (Å²) in [7, 11) is 2.91. The number of rotatable bonds is 8. The molecule has 8 nitrogen and oxygen atoms in total. The molecule has 2 aromatic rings. The molecule has 1 aliphatic rings. The Hall–Kier alpha value is -3.42. The van der Waals surface area contributed by atoms with E-state index in [1.807, 2.05) is 25.1 Å². The van der Waals surface area contributed by atoms with Crippen molar-refractivity contribution >= 4 is 11.9 Å². The Kier molecular flexibility index (Phi) is 6.43. The maximum atomic E-state index is 12.6. The summed E-state index contributed by atoms with van der Waals surface area (Å²) in [5.74, 6) is 1.05. The molecule has 0 atom stereocenters. The molecule has 29 heavy (non-hydrogen) atoms. The van der Waals surface area contributed by atoms with Gasteiger partial charge in [0.25, 0.3) is 5.91 Å². The van der Waals surface area contributed by atoms with Crippen LogP contribution in [0.2, 0.25) is 0 Å². The van der Waals surface area contributed by atoms with Crippen LogP contribution in [0.3, 0.4) is 0 Å². The molecule has 0 saturated heterocycles. The lowest BCUT2D eigenvalue weighted by atomic mass is 10.2. The average Bonchev–Trinajstić information content (AvgIpc) is 3.22. The number of para-hydroxylation sites is 1. The van der Waals surface area contributed by atoms with E-state index in [0.717, 1.165) is 5.56 Å². The predicted octanol–water partition coefficient (Wildman–Crippen LogP) is 2.64. The fourth-order valence-electron chi connectivity index (χ4n) is 2.98. The van der Waals surface area contributed by atoms with Crippen LogP contribution in [0.1, 0.15) is 22.8 Å². The first kappa shape index (κ1) is 20.3. The first-order valence-electron chi connectivity index (χ1n) is 9.11. The van der Waals surface area contributed by atoms with Gasteiger partial charge in [-0.05, 0) is 36.8 Å². The Balaban J connectivity index is 1.62. The molecule has 154 valence electrons. The lowest BCUT2D eigenvalue weighted by Crippen LogP contribution is -2.34. The van der Waals surface area contributed by atoms with Crippen molar-refractivity contribution in [2.45, 2.75) is 13.5 Å². The second-order valence-corrected chi connectivity index (χ2v) is 6.21. The highest BCUT2D eigenvalue weighted by atomic mass is 16.7. The predicted molar refractivity (Wildman–Crippen MR) is 103 cm³/mol. The largest absolute Gasteiger partial charge is 0.493 e. The quantitative estimate of drug-likeness (QED) is 0.629. The third kappa shape index (κ3) is 4.53. The summed E-state index contributed by atoms with van der Waals surface area (Å²) < 4.78 is 26.3. The van der Waals surface area contributed by atoms with Crippen molar-refractivity contribution < 1.29 is 33.3 Å². The van der Waals surface area contributed by atoms with E-state index in [4.69, 9.17) is 23.7 Å². The van der Waals surface area contributed by atoms with Crippen molar-refractivity contribution in [1.82, 2.24) is 4.90 Å². The molecular formula is C21H23NO7. The van der Waals surface area contributed by atoms with Gasteiger partial charge < -0.3 is 28.6 Å². The van der Waals surface area contributed by atoms with E-state index in [1.165, 1.54) is 14.2 Å². The van der Waals surface area contributed by atoms with Gasteiger partial charge in [-0.2, -0.15) is 0 Å². The van der Waals surface area contributed by atoms with Gasteiger partial charge >= 0.3 is 5.97 Å². The number of carbonyl (C=O) groups is 2. The van der Waals surface area contributed by atoms with Crippen LogP contribution in [0.25, 0.3) is 0 Å². The van der Waals surface area contributed by atoms with Gasteiger partial charge in [0, 0.05) is 13.1 Å². The van der Waals surface area contributed by atoms with E-state index < -0.39 is 5.97 Å². The van der Waals surface area contributed by atoms with Crippen LogP contribution >= 0.6 is 0 Å². The van der Waals surface area contributed by atoms with Crippen LogP contribution in [0.15, 0.2) is 36.4 Å². The zero-order valence-corrected chi connectivity index (χ0v) is 16.6. The summed E-state index contributed by atoms with van der Waals surface area (Å²) in [4.78, 5) is 26.6. The van der Waals surface area contributed by atoms with Crippen molar-refractivity contribution in [3.63, 3.8) is 0 Å². The monoisotopic (exact) mass is 401 g/mol. The van der Waals surface area contributed by atoms with E-state index in [0.29, 0.717) is 30.3 Å². The molecular weight excluding hydrogens is 378 g/mol. The number of ether oxygens (including phenoxy) is 5. The van der Waals surface area contributed by atoms with E-state index in [9.17, 15) is 9.59 Å². The Labute approximate surface area is 168 Å². The molecule has 0 saturated carbocycles. The van der Waals surface area contributed by atoms with Gasteiger partial charge in [-0.15, -0.1) is 0 Å². The molecule has 0 spiro atoms. The minimum absolute atomic E-state index is 0.193. The summed E-state index contributed by atoms with van der Waals surface area (Å²) >= 11 is 0. The molecule has 3 rings (SSSR count). The molecule has 1 amide bonds. The van der Waals surface area contributed by atoms with Crippen LogP contribution in [-0.2, 0) is 16.1 Å². The number of likely N-dealkylation sites (N-methyl/N-ethyl adjacent to an activating group) is 1.